The first kappa shape index (κ1) is 23.2. The standard InChI is InChI=1S/C25H21F2N7O2S/c1-2-33-13-22(30-32-33)15-3-8-23-21(9-15)28-14-34(23)25-11-16(19-7-4-17(26)12-20(19)27)10-24(29-25)31-37(35,36)18-5-6-18/h3-4,7-14,18H,2,5-6H2,1H3,(H,29,31). The van der Waals surface area contributed by atoms with E-state index in [2.05, 4.69) is 25.0 Å². The van der Waals surface area contributed by atoms with Gasteiger partial charge in [0.05, 0.1) is 22.5 Å². The maximum absolute atomic E-state index is 14.7. The first-order valence-corrected chi connectivity index (χ1v) is 13.2. The summed E-state index contributed by atoms with van der Waals surface area (Å²) in [6.45, 7) is 2.68. The summed E-state index contributed by atoms with van der Waals surface area (Å²) in [5.74, 6) is -1.12. The molecule has 0 unspecified atom stereocenters. The van der Waals surface area contributed by atoms with E-state index in [0.29, 0.717) is 47.5 Å². The fourth-order valence-electron chi connectivity index (χ4n) is 4.12. The highest BCUT2D eigenvalue weighted by atomic mass is 32.2. The van der Waals surface area contributed by atoms with Crippen molar-refractivity contribution in [3.63, 3.8) is 0 Å². The third-order valence-electron chi connectivity index (χ3n) is 6.22. The molecular weight excluding hydrogens is 500 g/mol. The molecule has 1 N–H and O–H groups in total. The van der Waals surface area contributed by atoms with Gasteiger partial charge in [0.15, 0.2) is 0 Å². The van der Waals surface area contributed by atoms with Gasteiger partial charge in [-0.2, -0.15) is 0 Å². The summed E-state index contributed by atoms with van der Waals surface area (Å²) in [6.07, 6.45) is 4.56. The Labute approximate surface area is 210 Å². The Bertz CT molecular complexity index is 1760. The Kier molecular flexibility index (Phi) is 5.48. The van der Waals surface area contributed by atoms with E-state index in [0.717, 1.165) is 17.7 Å². The van der Waals surface area contributed by atoms with Crippen LogP contribution in [-0.4, -0.2) is 43.2 Å². The van der Waals surface area contributed by atoms with Crippen LogP contribution in [0, 0.1) is 11.6 Å². The largest absolute Gasteiger partial charge is 0.283 e. The summed E-state index contributed by atoms with van der Waals surface area (Å²) in [5, 5.41) is 7.79. The highest BCUT2D eigenvalue weighted by molar-refractivity contribution is 7.93. The van der Waals surface area contributed by atoms with Gasteiger partial charge in [-0.25, -0.2) is 27.2 Å². The number of pyridine rings is 1. The summed E-state index contributed by atoms with van der Waals surface area (Å²) in [4.78, 5) is 8.99. The number of rotatable bonds is 7. The average Bonchev–Trinajstić information content (AvgIpc) is 3.49. The molecule has 37 heavy (non-hydrogen) atoms. The molecule has 1 aliphatic carbocycles. The van der Waals surface area contributed by atoms with Crippen molar-refractivity contribution in [1.82, 2.24) is 29.5 Å². The molecule has 12 heteroatoms. The molecule has 0 atom stereocenters. The minimum atomic E-state index is -3.63. The lowest BCUT2D eigenvalue weighted by Crippen LogP contribution is -2.18. The van der Waals surface area contributed by atoms with Gasteiger partial charge in [-0.1, -0.05) is 11.3 Å². The van der Waals surface area contributed by atoms with Gasteiger partial charge in [0.2, 0.25) is 10.0 Å². The van der Waals surface area contributed by atoms with E-state index >= 15 is 0 Å². The zero-order valence-corrected chi connectivity index (χ0v) is 20.5. The number of benzene rings is 2. The molecule has 1 fully saturated rings. The van der Waals surface area contributed by atoms with Crippen molar-refractivity contribution < 1.29 is 17.2 Å². The van der Waals surface area contributed by atoms with Crippen LogP contribution in [-0.2, 0) is 16.6 Å². The number of hydrogen-bond acceptors (Lipinski definition) is 6. The highest BCUT2D eigenvalue weighted by Crippen LogP contribution is 2.33. The number of nitrogens with zero attached hydrogens (tertiary/aromatic N) is 6. The Balaban J connectivity index is 1.46. The number of imidazole rings is 1. The molecule has 5 aromatic rings. The van der Waals surface area contributed by atoms with Crippen LogP contribution in [0.2, 0.25) is 0 Å². The third-order valence-corrected chi connectivity index (χ3v) is 8.06. The maximum Gasteiger partial charge on any atom is 0.236 e. The molecule has 0 radical (unpaired) electrons. The quantitative estimate of drug-likeness (QED) is 0.337. The van der Waals surface area contributed by atoms with Gasteiger partial charge >= 0.3 is 0 Å². The van der Waals surface area contributed by atoms with Crippen molar-refractivity contribution in [3.8, 4) is 28.2 Å². The fraction of sp³-hybridized carbons (Fsp3) is 0.200. The number of aromatic nitrogens is 6. The Morgan fingerprint density at radius 2 is 1.89 bits per heavy atom. The summed E-state index contributed by atoms with van der Waals surface area (Å²) >= 11 is 0. The molecule has 0 amide bonds. The molecule has 1 aliphatic rings. The van der Waals surface area contributed by atoms with Crippen molar-refractivity contribution in [2.75, 3.05) is 4.72 Å². The van der Waals surface area contributed by atoms with Gasteiger partial charge in [-0.15, -0.1) is 5.10 Å². The van der Waals surface area contributed by atoms with E-state index in [1.807, 2.05) is 31.3 Å². The minimum absolute atomic E-state index is 0.0396. The molecule has 0 bridgehead atoms. The monoisotopic (exact) mass is 521 g/mol. The van der Waals surface area contributed by atoms with Crippen LogP contribution in [0.1, 0.15) is 19.8 Å². The van der Waals surface area contributed by atoms with Crippen molar-refractivity contribution in [2.24, 2.45) is 0 Å². The van der Waals surface area contributed by atoms with Crippen LogP contribution in [0.3, 0.4) is 0 Å². The van der Waals surface area contributed by atoms with Gasteiger partial charge in [0.1, 0.15) is 35.3 Å². The van der Waals surface area contributed by atoms with Crippen molar-refractivity contribution in [1.29, 1.82) is 0 Å². The lowest BCUT2D eigenvalue weighted by atomic mass is 10.1. The molecule has 2 aromatic carbocycles. The lowest BCUT2D eigenvalue weighted by molar-refractivity contribution is 0.585. The number of hydrogen-bond donors (Lipinski definition) is 1. The molecule has 9 nitrogen and oxygen atoms in total. The van der Waals surface area contributed by atoms with Gasteiger partial charge in [-0.3, -0.25) is 14.0 Å². The molecule has 3 aromatic heterocycles. The molecule has 188 valence electrons. The predicted octanol–water partition coefficient (Wildman–Crippen LogP) is 4.55. The van der Waals surface area contributed by atoms with Gasteiger partial charge in [0.25, 0.3) is 0 Å². The Hall–Kier alpha value is -4.19. The Morgan fingerprint density at radius 1 is 1.05 bits per heavy atom. The predicted molar refractivity (Wildman–Crippen MR) is 134 cm³/mol. The van der Waals surface area contributed by atoms with Crippen LogP contribution in [0.25, 0.3) is 39.2 Å². The van der Waals surface area contributed by atoms with Crippen LogP contribution < -0.4 is 4.72 Å². The first-order valence-electron chi connectivity index (χ1n) is 11.7. The molecule has 6 rings (SSSR count). The molecule has 0 aliphatic heterocycles. The molecule has 3 heterocycles. The minimum Gasteiger partial charge on any atom is -0.283 e. The number of nitrogens with one attached hydrogen (secondary N) is 1. The summed E-state index contributed by atoms with van der Waals surface area (Å²) < 4.78 is 59.4. The number of sulfonamides is 1. The molecule has 0 saturated heterocycles. The van der Waals surface area contributed by atoms with Gasteiger partial charge in [-0.05, 0) is 61.7 Å². The first-order chi connectivity index (χ1) is 17.8. The van der Waals surface area contributed by atoms with Crippen LogP contribution in [0.15, 0.2) is 61.1 Å². The van der Waals surface area contributed by atoms with E-state index in [1.165, 1.54) is 12.1 Å². The van der Waals surface area contributed by atoms with Gasteiger partial charge < -0.3 is 0 Å². The number of anilines is 1. The van der Waals surface area contributed by atoms with Crippen LogP contribution in [0.4, 0.5) is 14.6 Å². The zero-order chi connectivity index (χ0) is 25.7. The van der Waals surface area contributed by atoms with Crippen molar-refractivity contribution in [2.45, 2.75) is 31.6 Å². The number of fused-ring (bicyclic) bond motifs is 1. The van der Waals surface area contributed by atoms with E-state index in [-0.39, 0.29) is 11.4 Å². The second kappa shape index (κ2) is 8.73. The number of aryl methyl sites for hydroxylation is 1. The lowest BCUT2D eigenvalue weighted by Gasteiger charge is -2.13. The SMILES string of the molecule is CCn1cc(-c2ccc3c(c2)ncn3-c2cc(-c3ccc(F)cc3F)cc(NS(=O)(=O)C3CC3)n2)nn1. The van der Waals surface area contributed by atoms with Crippen LogP contribution in [0.5, 0.6) is 0 Å². The average molecular weight is 522 g/mol. The van der Waals surface area contributed by atoms with E-state index in [1.54, 1.807) is 21.6 Å². The van der Waals surface area contributed by atoms with Crippen molar-refractivity contribution >= 4 is 26.9 Å². The fourth-order valence-corrected chi connectivity index (χ4v) is 5.44. The normalized spacial score (nSPS) is 13.8. The maximum atomic E-state index is 14.7. The van der Waals surface area contributed by atoms with Crippen molar-refractivity contribution in [3.05, 3.63) is 72.7 Å². The zero-order valence-electron chi connectivity index (χ0n) is 19.6. The second-order valence-electron chi connectivity index (χ2n) is 8.85. The second-order valence-corrected chi connectivity index (χ2v) is 10.8. The van der Waals surface area contributed by atoms with Crippen LogP contribution >= 0.6 is 0 Å². The molecule has 1 saturated carbocycles. The van der Waals surface area contributed by atoms with E-state index < -0.39 is 26.9 Å². The Morgan fingerprint density at radius 3 is 2.62 bits per heavy atom. The summed E-state index contributed by atoms with van der Waals surface area (Å²) in [6, 6.07) is 11.9. The smallest absolute Gasteiger partial charge is 0.236 e. The summed E-state index contributed by atoms with van der Waals surface area (Å²) in [5.41, 5.74) is 3.36. The van der Waals surface area contributed by atoms with E-state index in [4.69, 9.17) is 0 Å². The molecule has 0 spiro atoms. The topological polar surface area (TPSA) is 108 Å². The summed E-state index contributed by atoms with van der Waals surface area (Å²) in [7, 11) is -3.63. The third kappa shape index (κ3) is 4.44. The number of halogens is 2. The molecular formula is C25H21F2N7O2S. The van der Waals surface area contributed by atoms with E-state index in [9.17, 15) is 17.2 Å². The highest BCUT2D eigenvalue weighted by Gasteiger charge is 2.36. The van der Waals surface area contributed by atoms with Gasteiger partial charge in [0, 0.05) is 23.7 Å².